The first-order valence-corrected chi connectivity index (χ1v) is 7.85. The predicted octanol–water partition coefficient (Wildman–Crippen LogP) is 2.60. The van der Waals surface area contributed by atoms with Crippen molar-refractivity contribution >= 4 is 0 Å². The quantitative estimate of drug-likeness (QED) is 0.806. The number of aliphatic hydroxyl groups is 1. The molecule has 1 aliphatic carbocycles. The number of nitrogens with zero attached hydrogens (tertiary/aromatic N) is 1. The Hall–Kier alpha value is -0.840. The van der Waals surface area contributed by atoms with Gasteiger partial charge in [-0.25, -0.2) is 0 Å². The van der Waals surface area contributed by atoms with Crippen molar-refractivity contribution in [2.45, 2.75) is 64.1 Å². The van der Waals surface area contributed by atoms with Gasteiger partial charge in [0.2, 0.25) is 0 Å². The molecule has 1 fully saturated rings. The third kappa shape index (κ3) is 3.43. The Morgan fingerprint density at radius 3 is 2.60 bits per heavy atom. The molecule has 3 N–H and O–H groups in total. The van der Waals surface area contributed by atoms with Gasteiger partial charge in [0.15, 0.2) is 0 Å². The van der Waals surface area contributed by atoms with Crippen molar-refractivity contribution in [3.63, 3.8) is 0 Å². The fourth-order valence-corrected chi connectivity index (χ4v) is 3.36. The maximum Gasteiger partial charge on any atom is 0.122 e. The van der Waals surface area contributed by atoms with E-state index in [9.17, 15) is 5.11 Å². The van der Waals surface area contributed by atoms with Crippen molar-refractivity contribution in [3.8, 4) is 0 Å². The van der Waals surface area contributed by atoms with Gasteiger partial charge in [-0.15, -0.1) is 0 Å². The minimum atomic E-state index is 0.0349. The molecule has 0 saturated heterocycles. The van der Waals surface area contributed by atoms with Crippen LogP contribution >= 0.6 is 0 Å². The van der Waals surface area contributed by atoms with Crippen molar-refractivity contribution in [1.82, 2.24) is 4.90 Å². The number of hydrogen-bond acceptors (Lipinski definition) is 4. The number of hydrogen-bond donors (Lipinski definition) is 2. The van der Waals surface area contributed by atoms with Crippen molar-refractivity contribution in [1.29, 1.82) is 0 Å². The highest BCUT2D eigenvalue weighted by molar-refractivity contribution is 5.13. The fourth-order valence-electron chi connectivity index (χ4n) is 3.36. The van der Waals surface area contributed by atoms with E-state index in [2.05, 4.69) is 11.8 Å². The minimum absolute atomic E-state index is 0.0349. The van der Waals surface area contributed by atoms with E-state index < -0.39 is 0 Å². The number of aryl methyl sites for hydroxylation is 1. The highest BCUT2D eigenvalue weighted by atomic mass is 16.3. The fraction of sp³-hybridized carbons (Fsp3) is 0.750. The Labute approximate surface area is 121 Å². The molecule has 0 aromatic carbocycles. The van der Waals surface area contributed by atoms with E-state index in [1.165, 1.54) is 25.7 Å². The summed E-state index contributed by atoms with van der Waals surface area (Å²) in [6.07, 6.45) is 5.86. The van der Waals surface area contributed by atoms with Crippen LogP contribution in [0, 0.1) is 6.92 Å². The van der Waals surface area contributed by atoms with Crippen molar-refractivity contribution in [2.24, 2.45) is 5.73 Å². The molecule has 0 aliphatic heterocycles. The standard InChI is InChI=1S/C16H28N2O2/c1-3-14(17)16(15-9-8-12(2)20-15)18(10-11-19)13-6-4-5-7-13/h8-9,13-14,16,19H,3-7,10-11,17H2,1-2H3. The van der Waals surface area contributed by atoms with Crippen molar-refractivity contribution in [3.05, 3.63) is 23.7 Å². The van der Waals surface area contributed by atoms with Crippen LogP contribution in [0.25, 0.3) is 0 Å². The SMILES string of the molecule is CCC(N)C(c1ccc(C)o1)N(CCO)C1CCCC1. The van der Waals surface area contributed by atoms with E-state index in [-0.39, 0.29) is 18.7 Å². The second kappa shape index (κ2) is 7.25. The van der Waals surface area contributed by atoms with E-state index in [0.29, 0.717) is 12.6 Å². The lowest BCUT2D eigenvalue weighted by Crippen LogP contribution is -2.46. The Balaban J connectivity index is 2.26. The molecule has 0 spiro atoms. The van der Waals surface area contributed by atoms with Gasteiger partial charge >= 0.3 is 0 Å². The Bertz CT molecular complexity index is 399. The molecule has 2 rings (SSSR count). The maximum absolute atomic E-state index is 9.44. The summed E-state index contributed by atoms with van der Waals surface area (Å²) >= 11 is 0. The first-order chi connectivity index (χ1) is 9.67. The van der Waals surface area contributed by atoms with E-state index in [0.717, 1.165) is 17.9 Å². The molecular formula is C16H28N2O2. The van der Waals surface area contributed by atoms with E-state index in [4.69, 9.17) is 10.2 Å². The lowest BCUT2D eigenvalue weighted by molar-refractivity contribution is 0.0757. The van der Waals surface area contributed by atoms with E-state index in [1.54, 1.807) is 0 Å². The zero-order valence-electron chi connectivity index (χ0n) is 12.7. The Morgan fingerprint density at radius 2 is 2.10 bits per heavy atom. The molecule has 1 aromatic heterocycles. The van der Waals surface area contributed by atoms with Gasteiger partial charge in [0.1, 0.15) is 11.5 Å². The van der Waals surface area contributed by atoms with Gasteiger partial charge in [-0.05, 0) is 38.3 Å². The first kappa shape index (κ1) is 15.5. The van der Waals surface area contributed by atoms with Crippen molar-refractivity contribution < 1.29 is 9.52 Å². The molecular weight excluding hydrogens is 252 g/mol. The Morgan fingerprint density at radius 1 is 1.40 bits per heavy atom. The molecule has 1 heterocycles. The summed E-state index contributed by atoms with van der Waals surface area (Å²) in [5.74, 6) is 1.86. The average molecular weight is 280 g/mol. The molecule has 4 heteroatoms. The van der Waals surface area contributed by atoms with E-state index >= 15 is 0 Å². The summed E-state index contributed by atoms with van der Waals surface area (Å²) in [4.78, 5) is 2.37. The lowest BCUT2D eigenvalue weighted by Gasteiger charge is -2.38. The summed E-state index contributed by atoms with van der Waals surface area (Å²) in [5, 5.41) is 9.44. The van der Waals surface area contributed by atoms with Crippen LogP contribution in [0.2, 0.25) is 0 Å². The van der Waals surface area contributed by atoms with Gasteiger partial charge in [-0.2, -0.15) is 0 Å². The molecule has 20 heavy (non-hydrogen) atoms. The number of aliphatic hydroxyl groups excluding tert-OH is 1. The smallest absolute Gasteiger partial charge is 0.122 e. The second-order valence-corrected chi connectivity index (χ2v) is 5.87. The molecule has 2 unspecified atom stereocenters. The normalized spacial score (nSPS) is 19.6. The first-order valence-electron chi connectivity index (χ1n) is 7.85. The third-order valence-corrected chi connectivity index (χ3v) is 4.44. The van der Waals surface area contributed by atoms with Crippen LogP contribution in [-0.4, -0.2) is 35.2 Å². The van der Waals surface area contributed by atoms with Crippen LogP contribution in [0.1, 0.15) is 56.6 Å². The molecule has 0 amide bonds. The van der Waals surface area contributed by atoms with Crippen LogP contribution < -0.4 is 5.73 Å². The topological polar surface area (TPSA) is 62.6 Å². The summed E-state index contributed by atoms with van der Waals surface area (Å²) in [7, 11) is 0. The van der Waals surface area contributed by atoms with Gasteiger partial charge in [-0.3, -0.25) is 4.90 Å². The van der Waals surface area contributed by atoms with Gasteiger partial charge in [0, 0.05) is 18.6 Å². The molecule has 1 saturated carbocycles. The summed E-state index contributed by atoms with van der Waals surface area (Å²) in [6.45, 7) is 4.91. The summed E-state index contributed by atoms with van der Waals surface area (Å²) in [6, 6.07) is 4.66. The zero-order chi connectivity index (χ0) is 14.5. The molecule has 1 aliphatic rings. The number of furan rings is 1. The zero-order valence-corrected chi connectivity index (χ0v) is 12.7. The van der Waals surface area contributed by atoms with Crippen LogP contribution in [0.3, 0.4) is 0 Å². The molecule has 0 bridgehead atoms. The monoisotopic (exact) mass is 280 g/mol. The van der Waals surface area contributed by atoms with Crippen LogP contribution in [0.5, 0.6) is 0 Å². The molecule has 1 aromatic rings. The lowest BCUT2D eigenvalue weighted by atomic mass is 9.99. The molecule has 4 nitrogen and oxygen atoms in total. The van der Waals surface area contributed by atoms with Crippen molar-refractivity contribution in [2.75, 3.05) is 13.2 Å². The molecule has 2 atom stereocenters. The average Bonchev–Trinajstić information content (AvgIpc) is 3.09. The summed E-state index contributed by atoms with van der Waals surface area (Å²) < 4.78 is 5.85. The molecule has 114 valence electrons. The van der Waals surface area contributed by atoms with E-state index in [1.807, 2.05) is 19.1 Å². The van der Waals surface area contributed by atoms with Crippen LogP contribution in [-0.2, 0) is 0 Å². The Kier molecular flexibility index (Phi) is 5.64. The van der Waals surface area contributed by atoms with Gasteiger partial charge in [0.05, 0.1) is 12.6 Å². The second-order valence-electron chi connectivity index (χ2n) is 5.87. The van der Waals surface area contributed by atoms with Gasteiger partial charge in [-0.1, -0.05) is 19.8 Å². The maximum atomic E-state index is 9.44. The summed E-state index contributed by atoms with van der Waals surface area (Å²) in [5.41, 5.74) is 6.37. The predicted molar refractivity (Wildman–Crippen MR) is 80.5 cm³/mol. The minimum Gasteiger partial charge on any atom is -0.465 e. The third-order valence-electron chi connectivity index (χ3n) is 4.44. The van der Waals surface area contributed by atoms with Crippen LogP contribution in [0.4, 0.5) is 0 Å². The largest absolute Gasteiger partial charge is 0.465 e. The highest BCUT2D eigenvalue weighted by Crippen LogP contribution is 2.33. The van der Waals surface area contributed by atoms with Gasteiger partial charge < -0.3 is 15.3 Å². The van der Waals surface area contributed by atoms with Crippen LogP contribution in [0.15, 0.2) is 16.5 Å². The molecule has 0 radical (unpaired) electrons. The highest BCUT2D eigenvalue weighted by Gasteiger charge is 2.34. The number of rotatable bonds is 7. The van der Waals surface area contributed by atoms with Gasteiger partial charge in [0.25, 0.3) is 0 Å². The number of nitrogens with two attached hydrogens (primary N) is 1.